The van der Waals surface area contributed by atoms with Crippen LogP contribution in [0.4, 0.5) is 0 Å². The highest BCUT2D eigenvalue weighted by Crippen LogP contribution is 2.08. The van der Waals surface area contributed by atoms with Crippen molar-refractivity contribution in [1.82, 2.24) is 0 Å². The molecule has 0 heterocycles. The van der Waals surface area contributed by atoms with E-state index in [9.17, 15) is 19.2 Å². The number of carbonyl (C=O) groups excluding carboxylic acids is 4. The van der Waals surface area contributed by atoms with Crippen molar-refractivity contribution in [2.45, 2.75) is 51.9 Å². The van der Waals surface area contributed by atoms with Gasteiger partial charge in [0.2, 0.25) is 0 Å². The smallest absolute Gasteiger partial charge is 0.334 e. The zero-order chi connectivity index (χ0) is 23.2. The van der Waals surface area contributed by atoms with Gasteiger partial charge in [-0.2, -0.15) is 0 Å². The molecule has 0 radical (unpaired) electrons. The van der Waals surface area contributed by atoms with Crippen LogP contribution < -0.4 is 0 Å². The predicted octanol–water partition coefficient (Wildman–Crippen LogP) is 3.45. The normalized spacial score (nSPS) is 10.9. The number of carbonyl (C=O) groups is 4. The standard InChI is InChI=1S/C16H26O4.C6H8O4/c1-4-5-6-7-8-9-10-11-12-14(16(18)20-3)13-15(17)19-2;1-9-5(7)3-4-6(8)10-2/h10-12H,4-9,13H2,1-3H3;3-4H,1-2H3/b11-10+,14-12+;4-3+. The number of esters is 4. The van der Waals surface area contributed by atoms with Crippen molar-refractivity contribution in [1.29, 1.82) is 0 Å². The minimum absolute atomic E-state index is 0.0655. The maximum absolute atomic E-state index is 11.5. The zero-order valence-electron chi connectivity index (χ0n) is 18.6. The van der Waals surface area contributed by atoms with E-state index in [2.05, 4.69) is 25.9 Å². The number of hydrogen-bond acceptors (Lipinski definition) is 8. The third-order valence-electron chi connectivity index (χ3n) is 3.68. The fourth-order valence-electron chi connectivity index (χ4n) is 1.98. The van der Waals surface area contributed by atoms with Crippen molar-refractivity contribution in [2.75, 3.05) is 28.4 Å². The second-order valence-corrected chi connectivity index (χ2v) is 5.95. The summed E-state index contributed by atoms with van der Waals surface area (Å²) in [6.07, 6.45) is 14.5. The van der Waals surface area contributed by atoms with E-state index in [0.717, 1.165) is 25.0 Å². The summed E-state index contributed by atoms with van der Waals surface area (Å²) in [6.45, 7) is 2.19. The van der Waals surface area contributed by atoms with Crippen molar-refractivity contribution in [2.24, 2.45) is 0 Å². The Bertz CT molecular complexity index is 584. The lowest BCUT2D eigenvalue weighted by atomic mass is 10.1. The molecule has 30 heavy (non-hydrogen) atoms. The van der Waals surface area contributed by atoms with E-state index in [1.54, 1.807) is 12.2 Å². The molecule has 0 saturated heterocycles. The average Bonchev–Trinajstić information content (AvgIpc) is 2.77. The maximum Gasteiger partial charge on any atom is 0.334 e. The van der Waals surface area contributed by atoms with E-state index in [1.165, 1.54) is 54.1 Å². The van der Waals surface area contributed by atoms with Crippen molar-refractivity contribution in [3.8, 4) is 0 Å². The molecule has 0 aliphatic carbocycles. The van der Waals surface area contributed by atoms with Gasteiger partial charge in [-0.25, -0.2) is 14.4 Å². The molecule has 0 fully saturated rings. The Hall–Kier alpha value is -2.90. The molecule has 0 atom stereocenters. The summed E-state index contributed by atoms with van der Waals surface area (Å²) in [5.41, 5.74) is 0.307. The van der Waals surface area contributed by atoms with Crippen LogP contribution in [-0.4, -0.2) is 52.3 Å². The quantitative estimate of drug-likeness (QED) is 0.154. The van der Waals surface area contributed by atoms with Crippen LogP contribution in [0.1, 0.15) is 51.9 Å². The van der Waals surface area contributed by atoms with Gasteiger partial charge >= 0.3 is 23.9 Å². The van der Waals surface area contributed by atoms with E-state index < -0.39 is 23.9 Å². The van der Waals surface area contributed by atoms with E-state index in [-0.39, 0.29) is 6.42 Å². The fraction of sp³-hybridized carbons (Fsp3) is 0.545. The number of methoxy groups -OCH3 is 4. The minimum Gasteiger partial charge on any atom is -0.469 e. The fourth-order valence-corrected chi connectivity index (χ4v) is 1.98. The summed E-state index contributed by atoms with van der Waals surface area (Å²) in [7, 11) is 5.04. The average molecular weight is 427 g/mol. The Morgan fingerprint density at radius 3 is 1.77 bits per heavy atom. The number of allylic oxidation sites excluding steroid dienone is 3. The Morgan fingerprint density at radius 2 is 1.30 bits per heavy atom. The molecular weight excluding hydrogens is 392 g/mol. The lowest BCUT2D eigenvalue weighted by Crippen LogP contribution is -2.10. The van der Waals surface area contributed by atoms with Gasteiger partial charge in [-0.3, -0.25) is 4.79 Å². The molecule has 0 aromatic carbocycles. The molecule has 0 amide bonds. The number of rotatable bonds is 12. The molecule has 8 heteroatoms. The minimum atomic E-state index is -0.578. The summed E-state index contributed by atoms with van der Waals surface area (Å²) in [5.74, 6) is -2.10. The van der Waals surface area contributed by atoms with Crippen molar-refractivity contribution >= 4 is 23.9 Å². The molecule has 0 rings (SSSR count). The first-order chi connectivity index (χ1) is 14.4. The summed E-state index contributed by atoms with van der Waals surface area (Å²) in [5, 5.41) is 0. The van der Waals surface area contributed by atoms with Crippen LogP contribution in [-0.2, 0) is 38.1 Å². The van der Waals surface area contributed by atoms with Crippen LogP contribution in [0.2, 0.25) is 0 Å². The Labute approximate surface area is 178 Å². The first-order valence-corrected chi connectivity index (χ1v) is 9.70. The van der Waals surface area contributed by atoms with Gasteiger partial charge in [-0.1, -0.05) is 50.8 Å². The van der Waals surface area contributed by atoms with Crippen molar-refractivity contribution in [3.05, 3.63) is 36.0 Å². The zero-order valence-corrected chi connectivity index (χ0v) is 18.6. The van der Waals surface area contributed by atoms with Gasteiger partial charge in [0, 0.05) is 17.7 Å². The van der Waals surface area contributed by atoms with Crippen LogP contribution in [0.25, 0.3) is 0 Å². The van der Waals surface area contributed by atoms with E-state index >= 15 is 0 Å². The lowest BCUT2D eigenvalue weighted by molar-refractivity contribution is -0.143. The summed E-state index contributed by atoms with van der Waals surface area (Å²) in [4.78, 5) is 43.3. The van der Waals surface area contributed by atoms with E-state index in [0.29, 0.717) is 5.57 Å². The summed E-state index contributed by atoms with van der Waals surface area (Å²) in [6, 6.07) is 0. The molecule has 0 N–H and O–H groups in total. The number of ether oxygens (including phenoxy) is 4. The topological polar surface area (TPSA) is 105 Å². The van der Waals surface area contributed by atoms with Crippen molar-refractivity contribution < 1.29 is 38.1 Å². The molecule has 0 saturated carbocycles. The van der Waals surface area contributed by atoms with E-state index in [1.807, 2.05) is 6.08 Å². The van der Waals surface area contributed by atoms with Gasteiger partial charge in [0.05, 0.1) is 34.9 Å². The second kappa shape index (κ2) is 20.8. The van der Waals surface area contributed by atoms with Gasteiger partial charge in [0.25, 0.3) is 0 Å². The van der Waals surface area contributed by atoms with Gasteiger partial charge in [0.1, 0.15) is 0 Å². The molecule has 8 nitrogen and oxygen atoms in total. The van der Waals surface area contributed by atoms with Gasteiger partial charge in [-0.15, -0.1) is 0 Å². The maximum atomic E-state index is 11.5. The first kappa shape index (κ1) is 29.3. The highest BCUT2D eigenvalue weighted by atomic mass is 16.5. The molecule has 0 aliphatic rings. The van der Waals surface area contributed by atoms with Crippen LogP contribution in [0.3, 0.4) is 0 Å². The van der Waals surface area contributed by atoms with Crippen molar-refractivity contribution in [3.63, 3.8) is 0 Å². The molecule has 0 aliphatic heterocycles. The van der Waals surface area contributed by atoms with Gasteiger partial charge in [0.15, 0.2) is 0 Å². The molecule has 0 aromatic heterocycles. The number of hydrogen-bond donors (Lipinski definition) is 0. The molecule has 170 valence electrons. The first-order valence-electron chi connectivity index (χ1n) is 9.70. The highest BCUT2D eigenvalue weighted by molar-refractivity contribution is 5.94. The predicted molar refractivity (Wildman–Crippen MR) is 112 cm³/mol. The van der Waals surface area contributed by atoms with Gasteiger partial charge in [-0.05, 0) is 12.8 Å². The SMILES string of the molecule is CCCCCCC/C=C/C=C(\CC(=O)OC)C(=O)OC.COC(=O)/C=C/C(=O)OC. The second-order valence-electron chi connectivity index (χ2n) is 5.95. The molecule has 0 spiro atoms. The van der Waals surface area contributed by atoms with Crippen LogP contribution >= 0.6 is 0 Å². The van der Waals surface area contributed by atoms with Gasteiger partial charge < -0.3 is 18.9 Å². The third-order valence-corrected chi connectivity index (χ3v) is 3.68. The largest absolute Gasteiger partial charge is 0.469 e. The molecule has 0 bridgehead atoms. The van der Waals surface area contributed by atoms with Crippen LogP contribution in [0.15, 0.2) is 36.0 Å². The highest BCUT2D eigenvalue weighted by Gasteiger charge is 2.13. The number of unbranched alkanes of at least 4 members (excludes halogenated alkanes) is 5. The monoisotopic (exact) mass is 426 g/mol. The van der Waals surface area contributed by atoms with Crippen LogP contribution in [0, 0.1) is 0 Å². The lowest BCUT2D eigenvalue weighted by Gasteiger charge is -2.02. The Morgan fingerprint density at radius 1 is 0.733 bits per heavy atom. The summed E-state index contributed by atoms with van der Waals surface area (Å²) < 4.78 is 17.6. The molecular formula is C22H34O8. The Balaban J connectivity index is 0. The van der Waals surface area contributed by atoms with E-state index in [4.69, 9.17) is 0 Å². The Kier molecular flexibility index (Phi) is 20.3. The summed E-state index contributed by atoms with van der Waals surface area (Å²) >= 11 is 0. The van der Waals surface area contributed by atoms with Crippen LogP contribution in [0.5, 0.6) is 0 Å². The molecule has 0 aromatic rings. The molecule has 0 unspecified atom stereocenters. The third kappa shape index (κ3) is 18.5.